The van der Waals surface area contributed by atoms with Crippen LogP contribution in [0.5, 0.6) is 0 Å². The fourth-order valence-electron chi connectivity index (χ4n) is 3.49. The number of fused-ring (bicyclic) bond motifs is 1. The van der Waals surface area contributed by atoms with E-state index in [-0.39, 0.29) is 6.17 Å². The highest BCUT2D eigenvalue weighted by atomic mass is 16.2. The Labute approximate surface area is 90.6 Å². The summed E-state index contributed by atoms with van der Waals surface area (Å²) in [6.07, 6.45) is 4.00. The molecule has 1 amide bonds. The van der Waals surface area contributed by atoms with Crippen LogP contribution >= 0.6 is 0 Å². The Hall–Kier alpha value is -0.610. The van der Waals surface area contributed by atoms with Gasteiger partial charge in [0.1, 0.15) is 0 Å². The number of nitrogens with zero attached hydrogens (tertiary/aromatic N) is 2. The Morgan fingerprint density at radius 1 is 1.27 bits per heavy atom. The first-order chi connectivity index (χ1) is 7.27. The lowest BCUT2D eigenvalue weighted by molar-refractivity contribution is -0.130. The minimum absolute atomic E-state index is 0.239. The van der Waals surface area contributed by atoms with Crippen LogP contribution in [0.4, 0.5) is 0 Å². The smallest absolute Gasteiger partial charge is 0.238 e. The lowest BCUT2D eigenvalue weighted by Crippen LogP contribution is -2.48. The Kier molecular flexibility index (Phi) is 2.21. The molecule has 0 aromatic rings. The number of carbonyl (C=O) groups is 1. The molecule has 4 nitrogen and oxygen atoms in total. The van der Waals surface area contributed by atoms with E-state index in [2.05, 4.69) is 22.0 Å². The average Bonchev–Trinajstić information content (AvgIpc) is 2.84. The van der Waals surface area contributed by atoms with Crippen molar-refractivity contribution in [2.45, 2.75) is 44.4 Å². The highest BCUT2D eigenvalue weighted by Gasteiger charge is 2.44. The van der Waals surface area contributed by atoms with Crippen LogP contribution in [-0.4, -0.2) is 53.6 Å². The Balaban J connectivity index is 1.79. The largest absolute Gasteiger partial charge is 0.322 e. The molecule has 4 heteroatoms. The van der Waals surface area contributed by atoms with Crippen LogP contribution < -0.4 is 5.32 Å². The molecular weight excluding hydrogens is 190 g/mol. The molecule has 3 heterocycles. The minimum Gasteiger partial charge on any atom is -0.322 e. The highest BCUT2D eigenvalue weighted by Crippen LogP contribution is 2.32. The summed E-state index contributed by atoms with van der Waals surface area (Å²) in [5, 5.41) is 3.23. The Morgan fingerprint density at radius 2 is 2.13 bits per heavy atom. The maximum absolute atomic E-state index is 11.8. The molecule has 1 N–H and O–H groups in total. The van der Waals surface area contributed by atoms with Gasteiger partial charge in [0.05, 0.1) is 12.7 Å². The molecular formula is C11H19N3O. The van der Waals surface area contributed by atoms with Crippen molar-refractivity contribution in [2.75, 3.05) is 19.6 Å². The molecule has 3 aliphatic rings. The molecule has 3 rings (SSSR count). The predicted octanol–water partition coefficient (Wildman–Crippen LogP) is 0.000900. The molecule has 3 atom stereocenters. The van der Waals surface area contributed by atoms with Crippen LogP contribution in [0, 0.1) is 0 Å². The first kappa shape index (κ1) is 9.60. The lowest BCUT2D eigenvalue weighted by Gasteiger charge is -2.32. The predicted molar refractivity (Wildman–Crippen MR) is 57.3 cm³/mol. The van der Waals surface area contributed by atoms with Gasteiger partial charge in [0.15, 0.2) is 0 Å². The third-order valence-electron chi connectivity index (χ3n) is 4.18. The number of nitrogens with one attached hydrogen (secondary N) is 1. The van der Waals surface area contributed by atoms with Gasteiger partial charge in [0.2, 0.25) is 5.91 Å². The molecule has 0 spiro atoms. The van der Waals surface area contributed by atoms with Gasteiger partial charge in [-0.15, -0.1) is 0 Å². The van der Waals surface area contributed by atoms with Crippen LogP contribution in [0.15, 0.2) is 0 Å². The quantitative estimate of drug-likeness (QED) is 0.660. The van der Waals surface area contributed by atoms with Gasteiger partial charge in [-0.1, -0.05) is 0 Å². The molecule has 3 fully saturated rings. The second-order valence-corrected chi connectivity index (χ2v) is 4.96. The van der Waals surface area contributed by atoms with Crippen molar-refractivity contribution < 1.29 is 4.79 Å². The SMILES string of the molecule is CC1NCC(=O)N1C1CCN2CCCC12. The van der Waals surface area contributed by atoms with E-state index in [0.717, 1.165) is 0 Å². The van der Waals surface area contributed by atoms with Gasteiger partial charge in [-0.3, -0.25) is 15.0 Å². The normalized spacial score (nSPS) is 41.5. The lowest BCUT2D eigenvalue weighted by atomic mass is 10.0. The van der Waals surface area contributed by atoms with E-state index >= 15 is 0 Å². The van der Waals surface area contributed by atoms with Crippen molar-refractivity contribution >= 4 is 5.91 Å². The number of carbonyl (C=O) groups excluding carboxylic acids is 1. The monoisotopic (exact) mass is 209 g/mol. The molecule has 0 aliphatic carbocycles. The van der Waals surface area contributed by atoms with Gasteiger partial charge in [0.25, 0.3) is 0 Å². The molecule has 0 aromatic carbocycles. The molecule has 3 aliphatic heterocycles. The zero-order valence-electron chi connectivity index (χ0n) is 9.28. The van der Waals surface area contributed by atoms with Crippen molar-refractivity contribution in [1.29, 1.82) is 0 Å². The van der Waals surface area contributed by atoms with E-state index in [1.165, 1.54) is 32.4 Å². The summed E-state index contributed by atoms with van der Waals surface area (Å²) in [6, 6.07) is 1.13. The summed E-state index contributed by atoms with van der Waals surface area (Å²) in [6.45, 7) is 5.06. The van der Waals surface area contributed by atoms with E-state index in [0.29, 0.717) is 24.5 Å². The first-order valence-corrected chi connectivity index (χ1v) is 6.06. The first-order valence-electron chi connectivity index (χ1n) is 6.06. The maximum atomic E-state index is 11.8. The molecule has 3 unspecified atom stereocenters. The molecule has 84 valence electrons. The molecule has 0 radical (unpaired) electrons. The third-order valence-corrected chi connectivity index (χ3v) is 4.18. The van der Waals surface area contributed by atoms with E-state index < -0.39 is 0 Å². The van der Waals surface area contributed by atoms with Crippen molar-refractivity contribution in [1.82, 2.24) is 15.1 Å². The van der Waals surface area contributed by atoms with Crippen molar-refractivity contribution in [3.63, 3.8) is 0 Å². The van der Waals surface area contributed by atoms with Crippen LogP contribution in [0.2, 0.25) is 0 Å². The molecule has 0 bridgehead atoms. The van der Waals surface area contributed by atoms with Gasteiger partial charge in [0, 0.05) is 18.6 Å². The minimum atomic E-state index is 0.239. The topological polar surface area (TPSA) is 35.6 Å². The summed E-state index contributed by atoms with van der Waals surface area (Å²) in [5.74, 6) is 0.293. The maximum Gasteiger partial charge on any atom is 0.238 e. The fourth-order valence-corrected chi connectivity index (χ4v) is 3.49. The molecule has 15 heavy (non-hydrogen) atoms. The molecule has 0 aromatic heterocycles. The van der Waals surface area contributed by atoms with E-state index in [1.54, 1.807) is 0 Å². The second kappa shape index (κ2) is 3.46. The van der Waals surface area contributed by atoms with Crippen LogP contribution in [0.25, 0.3) is 0 Å². The Morgan fingerprint density at radius 3 is 2.87 bits per heavy atom. The van der Waals surface area contributed by atoms with E-state index in [9.17, 15) is 4.79 Å². The molecule has 0 saturated carbocycles. The summed E-state index contributed by atoms with van der Waals surface area (Å²) in [5.41, 5.74) is 0. The van der Waals surface area contributed by atoms with Gasteiger partial charge in [-0.05, 0) is 32.7 Å². The average molecular weight is 209 g/mol. The number of hydrogen-bond acceptors (Lipinski definition) is 3. The van der Waals surface area contributed by atoms with Gasteiger partial charge in [-0.25, -0.2) is 0 Å². The van der Waals surface area contributed by atoms with E-state index in [4.69, 9.17) is 0 Å². The van der Waals surface area contributed by atoms with Crippen LogP contribution in [0.3, 0.4) is 0 Å². The number of rotatable bonds is 1. The zero-order chi connectivity index (χ0) is 10.4. The van der Waals surface area contributed by atoms with Crippen LogP contribution in [0.1, 0.15) is 26.2 Å². The summed E-state index contributed by atoms with van der Waals surface area (Å²) in [4.78, 5) is 16.5. The number of amides is 1. The number of hydrogen-bond donors (Lipinski definition) is 1. The van der Waals surface area contributed by atoms with Gasteiger partial charge >= 0.3 is 0 Å². The summed E-state index contributed by atoms with van der Waals surface area (Å²) < 4.78 is 0. The van der Waals surface area contributed by atoms with Crippen LogP contribution in [-0.2, 0) is 4.79 Å². The summed E-state index contributed by atoms with van der Waals surface area (Å²) >= 11 is 0. The fraction of sp³-hybridized carbons (Fsp3) is 0.909. The highest BCUT2D eigenvalue weighted by molar-refractivity contribution is 5.81. The molecule has 3 saturated heterocycles. The van der Waals surface area contributed by atoms with Crippen molar-refractivity contribution in [3.8, 4) is 0 Å². The second-order valence-electron chi connectivity index (χ2n) is 4.96. The standard InChI is InChI=1S/C11H19N3O/c1-8-12-7-11(15)14(8)10-4-6-13-5-2-3-9(10)13/h8-10,12H,2-7H2,1H3. The third kappa shape index (κ3) is 1.39. The Bertz CT molecular complexity index is 281. The van der Waals surface area contributed by atoms with Crippen molar-refractivity contribution in [3.05, 3.63) is 0 Å². The van der Waals surface area contributed by atoms with E-state index in [1.807, 2.05) is 0 Å². The summed E-state index contributed by atoms with van der Waals surface area (Å²) in [7, 11) is 0. The van der Waals surface area contributed by atoms with Crippen molar-refractivity contribution in [2.24, 2.45) is 0 Å². The van der Waals surface area contributed by atoms with Gasteiger partial charge in [-0.2, -0.15) is 0 Å². The zero-order valence-corrected chi connectivity index (χ0v) is 9.28. The van der Waals surface area contributed by atoms with Gasteiger partial charge < -0.3 is 4.90 Å².